The maximum absolute atomic E-state index is 14.1. The van der Waals surface area contributed by atoms with E-state index in [0.717, 1.165) is 25.0 Å². The SMILES string of the molecule is COc1ccc(CC2NC(=O)CC(C(=O)N[C@@H](c3ccc(C(F)(F)F)c(F)c3)C3CC3)N2)cc1F. The minimum absolute atomic E-state index is 0.0365. The van der Waals surface area contributed by atoms with Crippen LogP contribution >= 0.6 is 0 Å². The Labute approximate surface area is 198 Å². The van der Waals surface area contributed by atoms with Crippen molar-refractivity contribution in [3.63, 3.8) is 0 Å². The monoisotopic (exact) mass is 497 g/mol. The molecule has 2 fully saturated rings. The first-order valence-corrected chi connectivity index (χ1v) is 11.1. The van der Waals surface area contributed by atoms with Crippen LogP contribution in [0.1, 0.15) is 42.0 Å². The smallest absolute Gasteiger partial charge is 0.419 e. The summed E-state index contributed by atoms with van der Waals surface area (Å²) in [5.74, 6) is -2.83. The van der Waals surface area contributed by atoms with E-state index < -0.39 is 47.5 Å². The third kappa shape index (κ3) is 5.90. The van der Waals surface area contributed by atoms with Gasteiger partial charge in [0.1, 0.15) is 5.82 Å². The quantitative estimate of drug-likeness (QED) is 0.511. The summed E-state index contributed by atoms with van der Waals surface area (Å²) in [6.07, 6.45) is -3.95. The van der Waals surface area contributed by atoms with Gasteiger partial charge in [0.25, 0.3) is 0 Å². The average Bonchev–Trinajstić information content (AvgIpc) is 3.61. The summed E-state index contributed by atoms with van der Waals surface area (Å²) in [5, 5.41) is 8.50. The third-order valence-corrected chi connectivity index (χ3v) is 6.15. The molecule has 3 N–H and O–H groups in total. The lowest BCUT2D eigenvalue weighted by Gasteiger charge is -2.32. The van der Waals surface area contributed by atoms with Crippen LogP contribution in [0.25, 0.3) is 0 Å². The van der Waals surface area contributed by atoms with Gasteiger partial charge in [0.2, 0.25) is 11.8 Å². The number of methoxy groups -OCH3 is 1. The third-order valence-electron chi connectivity index (χ3n) is 6.15. The molecular weight excluding hydrogens is 473 g/mol. The molecular formula is C24H24F5N3O3. The van der Waals surface area contributed by atoms with Crippen LogP contribution < -0.4 is 20.7 Å². The number of halogens is 5. The fraction of sp³-hybridized carbons (Fsp3) is 0.417. The molecule has 6 nitrogen and oxygen atoms in total. The van der Waals surface area contributed by atoms with Crippen molar-refractivity contribution in [2.24, 2.45) is 5.92 Å². The summed E-state index contributed by atoms with van der Waals surface area (Å²) in [6, 6.07) is 5.41. The second-order valence-corrected chi connectivity index (χ2v) is 8.78. The number of carbonyl (C=O) groups excluding carboxylic acids is 2. The molecule has 1 aliphatic carbocycles. The molecule has 2 aromatic rings. The number of hydrogen-bond acceptors (Lipinski definition) is 4. The number of benzene rings is 2. The molecule has 1 heterocycles. The second-order valence-electron chi connectivity index (χ2n) is 8.78. The number of rotatable bonds is 7. The Morgan fingerprint density at radius 2 is 1.89 bits per heavy atom. The molecule has 3 atom stereocenters. The molecule has 2 aromatic carbocycles. The van der Waals surface area contributed by atoms with E-state index in [2.05, 4.69) is 16.0 Å². The van der Waals surface area contributed by atoms with Gasteiger partial charge in [-0.1, -0.05) is 12.1 Å². The number of nitrogens with one attached hydrogen (secondary N) is 3. The molecule has 188 valence electrons. The molecule has 0 radical (unpaired) electrons. The van der Waals surface area contributed by atoms with Gasteiger partial charge >= 0.3 is 6.18 Å². The van der Waals surface area contributed by atoms with Crippen molar-refractivity contribution in [1.82, 2.24) is 16.0 Å². The van der Waals surface area contributed by atoms with E-state index in [-0.39, 0.29) is 36.0 Å². The Morgan fingerprint density at radius 1 is 1.14 bits per heavy atom. The lowest BCUT2D eigenvalue weighted by molar-refractivity contribution is -0.140. The standard InChI is InChI=1S/C24H24F5N3O3/c1-35-19-7-2-12(8-17(19)26)9-20-30-18(11-21(33)31-20)23(34)32-22(13-3-4-13)14-5-6-15(16(25)10-14)24(27,28)29/h2,5-8,10,13,18,20,22,30H,3-4,9,11H2,1H3,(H,31,33)(H,32,34)/t18?,20?,22-/m1/s1. The van der Waals surface area contributed by atoms with Crippen molar-refractivity contribution in [2.45, 2.75) is 50.1 Å². The van der Waals surface area contributed by atoms with Gasteiger partial charge < -0.3 is 15.4 Å². The normalized spacial score (nSPS) is 21.3. The van der Waals surface area contributed by atoms with Gasteiger partial charge in [0, 0.05) is 6.42 Å². The zero-order valence-electron chi connectivity index (χ0n) is 18.7. The predicted molar refractivity (Wildman–Crippen MR) is 115 cm³/mol. The van der Waals surface area contributed by atoms with E-state index in [1.165, 1.54) is 19.2 Å². The summed E-state index contributed by atoms with van der Waals surface area (Å²) < 4.78 is 71.8. The first-order chi connectivity index (χ1) is 16.5. The first-order valence-electron chi connectivity index (χ1n) is 11.1. The van der Waals surface area contributed by atoms with Crippen LogP contribution in [-0.2, 0) is 22.2 Å². The largest absolute Gasteiger partial charge is 0.494 e. The zero-order chi connectivity index (χ0) is 25.3. The Morgan fingerprint density at radius 3 is 2.49 bits per heavy atom. The van der Waals surface area contributed by atoms with Gasteiger partial charge in [-0.25, -0.2) is 8.78 Å². The highest BCUT2D eigenvalue weighted by Crippen LogP contribution is 2.42. The van der Waals surface area contributed by atoms with E-state index in [0.29, 0.717) is 11.6 Å². The summed E-state index contributed by atoms with van der Waals surface area (Å²) in [4.78, 5) is 25.2. The topological polar surface area (TPSA) is 79.5 Å². The molecule has 4 rings (SSSR count). The van der Waals surface area contributed by atoms with Crippen LogP contribution in [0.3, 0.4) is 0 Å². The van der Waals surface area contributed by atoms with Crippen molar-refractivity contribution in [3.05, 3.63) is 64.7 Å². The van der Waals surface area contributed by atoms with E-state index in [1.54, 1.807) is 6.07 Å². The predicted octanol–water partition coefficient (Wildman–Crippen LogP) is 3.61. The number of amides is 2. The van der Waals surface area contributed by atoms with Crippen LogP contribution in [-0.4, -0.2) is 31.1 Å². The second kappa shape index (κ2) is 9.80. The summed E-state index contributed by atoms with van der Waals surface area (Å²) in [6.45, 7) is 0. The maximum atomic E-state index is 14.1. The number of alkyl halides is 3. The van der Waals surface area contributed by atoms with Gasteiger partial charge in [0.15, 0.2) is 11.6 Å². The zero-order valence-corrected chi connectivity index (χ0v) is 18.7. The Balaban J connectivity index is 1.45. The summed E-state index contributed by atoms with van der Waals surface area (Å²) >= 11 is 0. The molecule has 2 amide bonds. The van der Waals surface area contributed by atoms with E-state index >= 15 is 0 Å². The molecule has 0 aromatic heterocycles. The van der Waals surface area contributed by atoms with Crippen LogP contribution in [0.15, 0.2) is 36.4 Å². The number of carbonyl (C=O) groups is 2. The van der Waals surface area contributed by atoms with Crippen molar-refractivity contribution in [1.29, 1.82) is 0 Å². The Hall–Kier alpha value is -3.21. The lowest BCUT2D eigenvalue weighted by atomic mass is 9.98. The highest BCUT2D eigenvalue weighted by Gasteiger charge is 2.39. The Bertz CT molecular complexity index is 1120. The lowest BCUT2D eigenvalue weighted by Crippen LogP contribution is -2.61. The van der Waals surface area contributed by atoms with Crippen molar-refractivity contribution in [3.8, 4) is 5.75 Å². The molecule has 1 saturated carbocycles. The number of hydrogen-bond donors (Lipinski definition) is 3. The van der Waals surface area contributed by atoms with E-state index in [9.17, 15) is 31.5 Å². The van der Waals surface area contributed by atoms with Crippen LogP contribution in [0.5, 0.6) is 5.75 Å². The molecule has 35 heavy (non-hydrogen) atoms. The molecule has 2 unspecified atom stereocenters. The van der Waals surface area contributed by atoms with Gasteiger partial charge in [-0.15, -0.1) is 0 Å². The summed E-state index contributed by atoms with van der Waals surface area (Å²) in [5.41, 5.74) is -0.569. The van der Waals surface area contributed by atoms with Crippen molar-refractivity contribution in [2.75, 3.05) is 7.11 Å². The van der Waals surface area contributed by atoms with E-state index in [4.69, 9.17) is 4.74 Å². The fourth-order valence-corrected chi connectivity index (χ4v) is 4.24. The van der Waals surface area contributed by atoms with Crippen LogP contribution in [0.4, 0.5) is 22.0 Å². The van der Waals surface area contributed by atoms with Crippen LogP contribution in [0, 0.1) is 17.6 Å². The Kier molecular flexibility index (Phi) is 6.98. The van der Waals surface area contributed by atoms with Gasteiger partial charge in [-0.3, -0.25) is 14.9 Å². The highest BCUT2D eigenvalue weighted by atomic mass is 19.4. The molecule has 11 heteroatoms. The maximum Gasteiger partial charge on any atom is 0.419 e. The average molecular weight is 497 g/mol. The van der Waals surface area contributed by atoms with Crippen molar-refractivity contribution >= 4 is 11.8 Å². The van der Waals surface area contributed by atoms with Gasteiger partial charge in [0.05, 0.1) is 37.3 Å². The molecule has 0 bridgehead atoms. The van der Waals surface area contributed by atoms with Crippen molar-refractivity contribution < 1.29 is 36.3 Å². The van der Waals surface area contributed by atoms with Crippen LogP contribution in [0.2, 0.25) is 0 Å². The first kappa shape index (κ1) is 24.9. The minimum atomic E-state index is -4.82. The summed E-state index contributed by atoms with van der Waals surface area (Å²) in [7, 11) is 1.35. The van der Waals surface area contributed by atoms with E-state index in [1.807, 2.05) is 0 Å². The molecule has 0 spiro atoms. The van der Waals surface area contributed by atoms with Gasteiger partial charge in [-0.05, 0) is 54.2 Å². The molecule has 1 aliphatic heterocycles. The fourth-order valence-electron chi connectivity index (χ4n) is 4.24. The van der Waals surface area contributed by atoms with Gasteiger partial charge in [-0.2, -0.15) is 13.2 Å². The minimum Gasteiger partial charge on any atom is -0.494 e. The number of ether oxygens (including phenoxy) is 1. The molecule has 1 saturated heterocycles. The molecule has 2 aliphatic rings. The highest BCUT2D eigenvalue weighted by molar-refractivity contribution is 5.89.